The number of alkyl halides is 3. The molecule has 2 aromatic carbocycles. The summed E-state index contributed by atoms with van der Waals surface area (Å²) >= 11 is 0. The molecular formula is C24H21F4NO2. The van der Waals surface area contributed by atoms with Gasteiger partial charge in [-0.15, -0.1) is 0 Å². The number of nitrogens with zero attached hydrogens (tertiary/aromatic N) is 1. The Morgan fingerprint density at radius 1 is 0.935 bits per heavy atom. The summed E-state index contributed by atoms with van der Waals surface area (Å²) in [6.07, 6.45) is -3.76. The number of carbonyl (C=O) groups excluding carboxylic acids is 2. The van der Waals surface area contributed by atoms with Gasteiger partial charge in [0.05, 0.1) is 5.56 Å². The van der Waals surface area contributed by atoms with Crippen molar-refractivity contribution >= 4 is 17.4 Å². The highest BCUT2D eigenvalue weighted by atomic mass is 19.4. The molecule has 31 heavy (non-hydrogen) atoms. The number of hydrogen-bond donors (Lipinski definition) is 0. The predicted octanol–water partition coefficient (Wildman–Crippen LogP) is 6.01. The molecule has 7 heteroatoms. The maximum atomic E-state index is 13.4. The maximum Gasteiger partial charge on any atom is 0.416 e. The largest absolute Gasteiger partial charge is 0.416 e. The van der Waals surface area contributed by atoms with Gasteiger partial charge >= 0.3 is 6.18 Å². The molecule has 3 nitrogen and oxygen atoms in total. The SMILES string of the molecule is CC1(C)CC(=O)C2=C(C1)N(c1ccc(C(F)(F)F)cc1)C(=O)CC2c1ccc(F)cc1. The Kier molecular flexibility index (Phi) is 5.03. The van der Waals surface area contributed by atoms with Crippen molar-refractivity contribution in [1.29, 1.82) is 0 Å². The van der Waals surface area contributed by atoms with Gasteiger partial charge in [-0.05, 0) is 53.8 Å². The molecule has 0 aromatic heterocycles. The molecule has 0 saturated heterocycles. The molecule has 4 rings (SSSR count). The fourth-order valence-electron chi connectivity index (χ4n) is 4.49. The summed E-state index contributed by atoms with van der Waals surface area (Å²) in [6, 6.07) is 10.1. The molecule has 1 unspecified atom stereocenters. The summed E-state index contributed by atoms with van der Waals surface area (Å²) in [5.41, 5.74) is 0.775. The highest BCUT2D eigenvalue weighted by molar-refractivity contribution is 6.07. The summed E-state index contributed by atoms with van der Waals surface area (Å²) in [7, 11) is 0. The van der Waals surface area contributed by atoms with Crippen LogP contribution in [0.4, 0.5) is 23.2 Å². The molecule has 0 bridgehead atoms. The molecule has 1 atom stereocenters. The highest BCUT2D eigenvalue weighted by Gasteiger charge is 2.44. The summed E-state index contributed by atoms with van der Waals surface area (Å²) in [5, 5.41) is 0. The first-order valence-corrected chi connectivity index (χ1v) is 9.98. The molecule has 2 aliphatic rings. The van der Waals surface area contributed by atoms with Gasteiger partial charge in [0, 0.05) is 35.7 Å². The van der Waals surface area contributed by atoms with Crippen molar-refractivity contribution in [1.82, 2.24) is 0 Å². The number of Topliss-reactive ketones (excluding diaryl/α,β-unsaturated/α-hetero) is 1. The second-order valence-corrected chi connectivity index (χ2v) is 8.88. The minimum atomic E-state index is -4.48. The minimum Gasteiger partial charge on any atom is -0.294 e. The van der Waals surface area contributed by atoms with Crippen LogP contribution in [0.5, 0.6) is 0 Å². The normalized spacial score (nSPS) is 21.4. The van der Waals surface area contributed by atoms with E-state index in [1.807, 2.05) is 13.8 Å². The van der Waals surface area contributed by atoms with Gasteiger partial charge in [0.2, 0.25) is 5.91 Å². The molecule has 0 saturated carbocycles. The van der Waals surface area contributed by atoms with Crippen LogP contribution in [0.1, 0.15) is 50.2 Å². The van der Waals surface area contributed by atoms with Gasteiger partial charge in [0.25, 0.3) is 0 Å². The quantitative estimate of drug-likeness (QED) is 0.547. The monoisotopic (exact) mass is 431 g/mol. The second kappa shape index (κ2) is 7.32. The van der Waals surface area contributed by atoms with E-state index in [-0.39, 0.29) is 18.1 Å². The first kappa shape index (κ1) is 21.3. The van der Waals surface area contributed by atoms with E-state index in [2.05, 4.69) is 0 Å². The Morgan fingerprint density at radius 3 is 2.13 bits per heavy atom. The van der Waals surface area contributed by atoms with E-state index in [0.29, 0.717) is 35.4 Å². The van der Waals surface area contributed by atoms with E-state index in [0.717, 1.165) is 12.1 Å². The summed E-state index contributed by atoms with van der Waals surface area (Å²) < 4.78 is 52.3. The number of rotatable bonds is 2. The van der Waals surface area contributed by atoms with E-state index in [1.165, 1.54) is 29.2 Å². The summed E-state index contributed by atoms with van der Waals surface area (Å²) in [4.78, 5) is 27.7. The number of hydrogen-bond acceptors (Lipinski definition) is 2. The zero-order valence-electron chi connectivity index (χ0n) is 17.1. The second-order valence-electron chi connectivity index (χ2n) is 8.88. The lowest BCUT2D eigenvalue weighted by atomic mass is 9.69. The molecule has 1 heterocycles. The van der Waals surface area contributed by atoms with Crippen molar-refractivity contribution in [3.8, 4) is 0 Å². The Bertz CT molecular complexity index is 1070. The van der Waals surface area contributed by atoms with Crippen LogP contribution in [0.25, 0.3) is 0 Å². The smallest absolute Gasteiger partial charge is 0.294 e. The Morgan fingerprint density at radius 2 is 1.55 bits per heavy atom. The molecule has 2 aromatic rings. The summed E-state index contributed by atoms with van der Waals surface area (Å²) in [5.74, 6) is -1.32. The fraction of sp³-hybridized carbons (Fsp3) is 0.333. The molecule has 1 amide bonds. The average molecular weight is 431 g/mol. The molecule has 0 N–H and O–H groups in total. The zero-order valence-corrected chi connectivity index (χ0v) is 17.1. The molecule has 1 aliphatic carbocycles. The van der Waals surface area contributed by atoms with Crippen molar-refractivity contribution in [3.05, 3.63) is 76.7 Å². The van der Waals surface area contributed by atoms with E-state index in [1.54, 1.807) is 12.1 Å². The van der Waals surface area contributed by atoms with Gasteiger partial charge in [0.15, 0.2) is 5.78 Å². The van der Waals surface area contributed by atoms with Crippen molar-refractivity contribution < 1.29 is 27.2 Å². The van der Waals surface area contributed by atoms with Crippen LogP contribution >= 0.6 is 0 Å². The van der Waals surface area contributed by atoms with Crippen molar-refractivity contribution in [3.63, 3.8) is 0 Å². The topological polar surface area (TPSA) is 37.4 Å². The average Bonchev–Trinajstić information content (AvgIpc) is 2.66. The van der Waals surface area contributed by atoms with E-state index in [9.17, 15) is 27.2 Å². The van der Waals surface area contributed by atoms with E-state index < -0.39 is 28.9 Å². The predicted molar refractivity (Wildman–Crippen MR) is 108 cm³/mol. The third-order valence-electron chi connectivity index (χ3n) is 5.87. The van der Waals surface area contributed by atoms with Crippen LogP contribution in [-0.2, 0) is 15.8 Å². The lowest BCUT2D eigenvalue weighted by Gasteiger charge is -2.43. The molecule has 1 aliphatic heterocycles. The van der Waals surface area contributed by atoms with Gasteiger partial charge in [-0.1, -0.05) is 26.0 Å². The van der Waals surface area contributed by atoms with Gasteiger partial charge in [-0.2, -0.15) is 13.2 Å². The number of anilines is 1. The van der Waals surface area contributed by atoms with Crippen molar-refractivity contribution in [2.24, 2.45) is 5.41 Å². The van der Waals surface area contributed by atoms with Gasteiger partial charge in [-0.3, -0.25) is 14.5 Å². The Labute approximate surface area is 177 Å². The minimum absolute atomic E-state index is 0.0162. The van der Waals surface area contributed by atoms with Gasteiger partial charge in [0.1, 0.15) is 5.82 Å². The molecule has 0 fully saturated rings. The van der Waals surface area contributed by atoms with Crippen molar-refractivity contribution in [2.45, 2.75) is 45.2 Å². The first-order chi connectivity index (χ1) is 14.5. The fourth-order valence-corrected chi connectivity index (χ4v) is 4.49. The van der Waals surface area contributed by atoms with Crippen LogP contribution < -0.4 is 4.90 Å². The summed E-state index contributed by atoms with van der Waals surface area (Å²) in [6.45, 7) is 3.84. The van der Waals surface area contributed by atoms with Gasteiger partial charge in [-0.25, -0.2) is 4.39 Å². The highest BCUT2D eigenvalue weighted by Crippen LogP contribution is 2.48. The number of allylic oxidation sites excluding steroid dienone is 2. The number of halogens is 4. The zero-order chi connectivity index (χ0) is 22.6. The molecular weight excluding hydrogens is 410 g/mol. The lowest BCUT2D eigenvalue weighted by Crippen LogP contribution is -2.43. The van der Waals surface area contributed by atoms with E-state index in [4.69, 9.17) is 0 Å². The number of carbonyl (C=O) groups is 2. The standard InChI is InChI=1S/C24H21F4NO2/c1-23(2)12-19-22(20(30)13-23)18(14-3-7-16(25)8-4-14)11-21(31)29(19)17-9-5-15(6-10-17)24(26,27)28/h3-10,18H,11-13H2,1-2H3. The number of amides is 1. The third-order valence-corrected chi connectivity index (χ3v) is 5.87. The van der Waals surface area contributed by atoms with Crippen LogP contribution in [0.2, 0.25) is 0 Å². The van der Waals surface area contributed by atoms with Crippen LogP contribution in [0, 0.1) is 11.2 Å². The maximum absolute atomic E-state index is 13.4. The Balaban J connectivity index is 1.84. The van der Waals surface area contributed by atoms with Crippen molar-refractivity contribution in [2.75, 3.05) is 4.90 Å². The number of ketones is 1. The Hall–Kier alpha value is -2.96. The molecule has 0 spiro atoms. The van der Waals surface area contributed by atoms with Crippen LogP contribution in [-0.4, -0.2) is 11.7 Å². The van der Waals surface area contributed by atoms with Gasteiger partial charge < -0.3 is 0 Å². The van der Waals surface area contributed by atoms with Crippen LogP contribution in [0.15, 0.2) is 59.8 Å². The van der Waals surface area contributed by atoms with E-state index >= 15 is 0 Å². The van der Waals surface area contributed by atoms with Crippen LogP contribution in [0.3, 0.4) is 0 Å². The number of benzene rings is 2. The first-order valence-electron chi connectivity index (χ1n) is 9.98. The molecule has 0 radical (unpaired) electrons. The third kappa shape index (κ3) is 4.01. The lowest BCUT2D eigenvalue weighted by molar-refractivity contribution is -0.137. The molecule has 162 valence electrons.